The standard InChI is InChI=1S/C18H25BrF2N2O3/c1-12-10-22(7-8-23(12)17(24)26-18(2,3)4)11-13-5-6-15(14(19)9-13)25-16(20)21/h5-6,9,12,16H,7-8,10-11H2,1-4H3/t12-/m0/s1. The summed E-state index contributed by atoms with van der Waals surface area (Å²) in [6, 6.07) is 5.12. The first kappa shape index (κ1) is 20.9. The highest BCUT2D eigenvalue weighted by molar-refractivity contribution is 9.10. The Morgan fingerprint density at radius 1 is 1.35 bits per heavy atom. The van der Waals surface area contributed by atoms with Crippen molar-refractivity contribution >= 4 is 22.0 Å². The van der Waals surface area contributed by atoms with Crippen LogP contribution in [0.4, 0.5) is 13.6 Å². The van der Waals surface area contributed by atoms with E-state index in [4.69, 9.17) is 4.74 Å². The third kappa shape index (κ3) is 6.09. The van der Waals surface area contributed by atoms with Crippen molar-refractivity contribution in [2.75, 3.05) is 19.6 Å². The number of ether oxygens (including phenoxy) is 2. The predicted octanol–water partition coefficient (Wildman–Crippen LogP) is 4.49. The second-order valence-corrected chi connectivity index (χ2v) is 8.26. The van der Waals surface area contributed by atoms with Crippen LogP contribution in [0, 0.1) is 0 Å². The Hall–Kier alpha value is -1.41. The van der Waals surface area contributed by atoms with Crippen LogP contribution in [0.5, 0.6) is 5.75 Å². The molecule has 0 unspecified atom stereocenters. The van der Waals surface area contributed by atoms with E-state index in [1.54, 1.807) is 17.0 Å². The smallest absolute Gasteiger partial charge is 0.410 e. The molecule has 0 aromatic heterocycles. The quantitative estimate of drug-likeness (QED) is 0.699. The fourth-order valence-electron chi connectivity index (χ4n) is 2.86. The van der Waals surface area contributed by atoms with Crippen molar-refractivity contribution in [3.05, 3.63) is 28.2 Å². The summed E-state index contributed by atoms with van der Waals surface area (Å²) in [7, 11) is 0. The van der Waals surface area contributed by atoms with Crippen LogP contribution in [0.2, 0.25) is 0 Å². The number of carbonyl (C=O) groups is 1. The van der Waals surface area contributed by atoms with E-state index in [1.165, 1.54) is 6.07 Å². The molecule has 1 aliphatic rings. The Kier molecular flexibility index (Phi) is 6.85. The van der Waals surface area contributed by atoms with Crippen LogP contribution in [-0.4, -0.2) is 53.8 Å². The highest BCUT2D eigenvalue weighted by Gasteiger charge is 2.30. The Labute approximate surface area is 161 Å². The van der Waals surface area contributed by atoms with Gasteiger partial charge in [-0.1, -0.05) is 6.07 Å². The zero-order valence-corrected chi connectivity index (χ0v) is 17.1. The largest absolute Gasteiger partial charge is 0.444 e. The van der Waals surface area contributed by atoms with Gasteiger partial charge in [-0.25, -0.2) is 4.79 Å². The molecule has 8 heteroatoms. The molecule has 0 N–H and O–H groups in total. The number of halogens is 3. The Morgan fingerprint density at radius 3 is 2.58 bits per heavy atom. The van der Waals surface area contributed by atoms with E-state index in [1.807, 2.05) is 27.7 Å². The summed E-state index contributed by atoms with van der Waals surface area (Å²) in [6.45, 7) is 7.39. The van der Waals surface area contributed by atoms with Gasteiger partial charge in [-0.15, -0.1) is 0 Å². The van der Waals surface area contributed by atoms with Crippen molar-refractivity contribution in [3.63, 3.8) is 0 Å². The first-order chi connectivity index (χ1) is 12.0. The van der Waals surface area contributed by atoms with Crippen LogP contribution in [-0.2, 0) is 11.3 Å². The van der Waals surface area contributed by atoms with Gasteiger partial charge in [0, 0.05) is 32.2 Å². The summed E-state index contributed by atoms with van der Waals surface area (Å²) in [5.74, 6) is 0.117. The van der Waals surface area contributed by atoms with Crippen molar-refractivity contribution in [1.29, 1.82) is 0 Å². The first-order valence-corrected chi connectivity index (χ1v) is 9.29. The summed E-state index contributed by atoms with van der Waals surface area (Å²) in [5, 5.41) is 0. The number of rotatable bonds is 4. The van der Waals surface area contributed by atoms with Crippen LogP contribution >= 0.6 is 15.9 Å². The lowest BCUT2D eigenvalue weighted by Crippen LogP contribution is -2.54. The molecule has 1 fully saturated rings. The minimum absolute atomic E-state index is 0.0310. The van der Waals surface area contributed by atoms with Gasteiger partial charge in [0.2, 0.25) is 0 Å². The van der Waals surface area contributed by atoms with E-state index < -0.39 is 12.2 Å². The van der Waals surface area contributed by atoms with E-state index in [-0.39, 0.29) is 17.9 Å². The summed E-state index contributed by atoms with van der Waals surface area (Å²) < 4.78 is 35.0. The van der Waals surface area contributed by atoms with Gasteiger partial charge in [-0.05, 0) is 61.3 Å². The average molecular weight is 435 g/mol. The average Bonchev–Trinajstić information content (AvgIpc) is 2.48. The lowest BCUT2D eigenvalue weighted by atomic mass is 10.1. The molecule has 26 heavy (non-hydrogen) atoms. The molecule has 0 aliphatic carbocycles. The monoisotopic (exact) mass is 434 g/mol. The van der Waals surface area contributed by atoms with Gasteiger partial charge in [0.15, 0.2) is 0 Å². The summed E-state index contributed by atoms with van der Waals surface area (Å²) in [4.78, 5) is 16.2. The molecule has 1 amide bonds. The third-order valence-electron chi connectivity index (χ3n) is 3.96. The van der Waals surface area contributed by atoms with Crippen LogP contribution in [0.3, 0.4) is 0 Å². The molecule has 1 aromatic rings. The maximum Gasteiger partial charge on any atom is 0.410 e. The molecule has 5 nitrogen and oxygen atoms in total. The minimum atomic E-state index is -2.85. The molecule has 0 bridgehead atoms. The molecule has 0 radical (unpaired) electrons. The number of alkyl halides is 2. The van der Waals surface area contributed by atoms with E-state index in [9.17, 15) is 13.6 Å². The second kappa shape index (κ2) is 8.52. The lowest BCUT2D eigenvalue weighted by Gasteiger charge is -2.40. The van der Waals surface area contributed by atoms with Crippen molar-refractivity contribution < 1.29 is 23.0 Å². The molecule has 0 spiro atoms. The molecular weight excluding hydrogens is 410 g/mol. The SMILES string of the molecule is C[C@H]1CN(Cc2ccc(OC(F)F)c(Br)c2)CCN1C(=O)OC(C)(C)C. The zero-order chi connectivity index (χ0) is 19.5. The van der Waals surface area contributed by atoms with Crippen LogP contribution in [0.15, 0.2) is 22.7 Å². The molecule has 1 heterocycles. The van der Waals surface area contributed by atoms with E-state index in [0.29, 0.717) is 24.1 Å². The van der Waals surface area contributed by atoms with Crippen LogP contribution in [0.25, 0.3) is 0 Å². The van der Waals surface area contributed by atoms with Gasteiger partial charge in [0.1, 0.15) is 11.4 Å². The number of amides is 1. The maximum absolute atomic E-state index is 12.3. The number of nitrogens with zero attached hydrogens (tertiary/aromatic N) is 2. The van der Waals surface area contributed by atoms with Crippen LogP contribution < -0.4 is 4.74 Å². The number of benzene rings is 1. The van der Waals surface area contributed by atoms with Crippen LogP contribution in [0.1, 0.15) is 33.3 Å². The molecule has 1 aliphatic heterocycles. The maximum atomic E-state index is 12.3. The Bertz CT molecular complexity index is 637. The Balaban J connectivity index is 1.93. The van der Waals surface area contributed by atoms with Gasteiger partial charge in [0.25, 0.3) is 0 Å². The lowest BCUT2D eigenvalue weighted by molar-refractivity contribution is -0.0504. The van der Waals surface area contributed by atoms with Gasteiger partial charge in [-0.3, -0.25) is 4.90 Å². The van der Waals surface area contributed by atoms with Crippen molar-refractivity contribution in [2.45, 2.75) is 52.5 Å². The second-order valence-electron chi connectivity index (χ2n) is 7.40. The summed E-state index contributed by atoms with van der Waals surface area (Å²) >= 11 is 3.26. The fraction of sp³-hybridized carbons (Fsp3) is 0.611. The first-order valence-electron chi connectivity index (χ1n) is 8.50. The topological polar surface area (TPSA) is 42.0 Å². The summed E-state index contributed by atoms with van der Waals surface area (Å²) in [6.07, 6.45) is -0.291. The molecule has 146 valence electrons. The Morgan fingerprint density at radius 2 is 2.04 bits per heavy atom. The molecule has 1 atom stereocenters. The van der Waals surface area contributed by atoms with Crippen molar-refractivity contribution in [3.8, 4) is 5.75 Å². The zero-order valence-electron chi connectivity index (χ0n) is 15.5. The van der Waals surface area contributed by atoms with E-state index in [2.05, 4.69) is 25.6 Å². The number of carbonyl (C=O) groups excluding carboxylic acids is 1. The van der Waals surface area contributed by atoms with E-state index in [0.717, 1.165) is 12.1 Å². The fourth-order valence-corrected chi connectivity index (χ4v) is 3.38. The van der Waals surface area contributed by atoms with E-state index >= 15 is 0 Å². The number of hydrogen-bond donors (Lipinski definition) is 0. The minimum Gasteiger partial charge on any atom is -0.444 e. The third-order valence-corrected chi connectivity index (χ3v) is 4.58. The van der Waals surface area contributed by atoms with Gasteiger partial charge in [0.05, 0.1) is 4.47 Å². The van der Waals surface area contributed by atoms with Crippen molar-refractivity contribution in [2.24, 2.45) is 0 Å². The van der Waals surface area contributed by atoms with Gasteiger partial charge < -0.3 is 14.4 Å². The normalized spacial score (nSPS) is 18.9. The molecule has 2 rings (SSSR count). The molecular formula is C18H25BrF2N2O3. The molecule has 1 saturated heterocycles. The van der Waals surface area contributed by atoms with Crippen molar-refractivity contribution in [1.82, 2.24) is 9.80 Å². The molecule has 0 saturated carbocycles. The number of piperazine rings is 1. The summed E-state index contributed by atoms with van der Waals surface area (Å²) in [5.41, 5.74) is 0.471. The number of hydrogen-bond acceptors (Lipinski definition) is 4. The highest BCUT2D eigenvalue weighted by atomic mass is 79.9. The highest BCUT2D eigenvalue weighted by Crippen LogP contribution is 2.28. The molecule has 1 aromatic carbocycles. The van der Waals surface area contributed by atoms with Gasteiger partial charge in [-0.2, -0.15) is 8.78 Å². The van der Waals surface area contributed by atoms with Gasteiger partial charge >= 0.3 is 12.7 Å². The predicted molar refractivity (Wildman–Crippen MR) is 98.5 cm³/mol.